The molecule has 3 nitrogen and oxygen atoms in total. The van der Waals surface area contributed by atoms with E-state index in [2.05, 4.69) is 0 Å². The summed E-state index contributed by atoms with van der Waals surface area (Å²) in [4.78, 5) is 12.0. The first-order valence-corrected chi connectivity index (χ1v) is 5.93. The van der Waals surface area contributed by atoms with E-state index in [4.69, 9.17) is 5.11 Å². The van der Waals surface area contributed by atoms with Crippen molar-refractivity contribution in [3.63, 3.8) is 0 Å². The van der Waals surface area contributed by atoms with Gasteiger partial charge in [-0.3, -0.25) is 4.79 Å². The molecule has 0 aliphatic heterocycles. The Balaban J connectivity index is 2.63. The fourth-order valence-corrected chi connectivity index (χ4v) is 2.86. The van der Waals surface area contributed by atoms with Crippen LogP contribution in [-0.2, 0) is 6.42 Å². The van der Waals surface area contributed by atoms with Crippen molar-refractivity contribution in [1.82, 2.24) is 0 Å². The van der Waals surface area contributed by atoms with Crippen LogP contribution in [0.15, 0.2) is 6.07 Å². The van der Waals surface area contributed by atoms with E-state index in [1.54, 1.807) is 0 Å². The lowest BCUT2D eigenvalue weighted by atomic mass is 9.91. The normalized spacial score (nSPS) is 20.5. The van der Waals surface area contributed by atoms with E-state index in [1.165, 1.54) is 0 Å². The maximum Gasteiger partial charge on any atom is 0.166 e. The zero-order valence-corrected chi connectivity index (χ0v) is 10.4. The number of fused-ring (bicyclic) bond motifs is 1. The average molecular weight is 234 g/mol. The van der Waals surface area contributed by atoms with Gasteiger partial charge in [-0.2, -0.15) is 0 Å². The Labute approximate surface area is 101 Å². The number of aryl methyl sites for hydroxylation is 1. The number of rotatable bonds is 2. The summed E-state index contributed by atoms with van der Waals surface area (Å²) >= 11 is 0. The summed E-state index contributed by atoms with van der Waals surface area (Å²) in [5.41, 5.74) is 4.31. The minimum Gasteiger partial charge on any atom is -0.393 e. The highest BCUT2D eigenvalue weighted by molar-refractivity contribution is 6.03. The molecular weight excluding hydrogens is 216 g/mol. The molecule has 1 aromatic carbocycles. The van der Waals surface area contributed by atoms with Crippen molar-refractivity contribution in [1.29, 1.82) is 0 Å². The lowest BCUT2D eigenvalue weighted by Gasteiger charge is -2.17. The Morgan fingerprint density at radius 2 is 2.12 bits per heavy atom. The van der Waals surface area contributed by atoms with Crippen molar-refractivity contribution >= 4 is 5.78 Å². The molecule has 0 spiro atoms. The predicted octanol–water partition coefficient (Wildman–Crippen LogP) is 1.70. The van der Waals surface area contributed by atoms with E-state index in [-0.39, 0.29) is 18.3 Å². The second kappa shape index (κ2) is 4.24. The largest absolute Gasteiger partial charge is 0.393 e. The van der Waals surface area contributed by atoms with Gasteiger partial charge >= 0.3 is 0 Å². The van der Waals surface area contributed by atoms with Crippen molar-refractivity contribution in [2.45, 2.75) is 33.3 Å². The van der Waals surface area contributed by atoms with Crippen molar-refractivity contribution in [3.05, 3.63) is 33.9 Å². The van der Waals surface area contributed by atoms with Crippen LogP contribution >= 0.6 is 0 Å². The molecular formula is C14H18O3. The molecule has 2 N–H and O–H groups in total. The summed E-state index contributed by atoms with van der Waals surface area (Å²) in [6.07, 6.45) is -0.116. The summed E-state index contributed by atoms with van der Waals surface area (Å²) in [7, 11) is 0. The molecule has 0 saturated carbocycles. The first-order chi connectivity index (χ1) is 7.97. The Morgan fingerprint density at radius 1 is 1.47 bits per heavy atom. The molecule has 2 unspecified atom stereocenters. The maximum absolute atomic E-state index is 12.0. The first-order valence-electron chi connectivity index (χ1n) is 5.93. The fraction of sp³-hybridized carbons (Fsp3) is 0.500. The maximum atomic E-state index is 12.0. The van der Waals surface area contributed by atoms with E-state index in [0.29, 0.717) is 5.56 Å². The molecule has 0 bridgehead atoms. The van der Waals surface area contributed by atoms with Gasteiger partial charge in [-0.15, -0.1) is 0 Å². The topological polar surface area (TPSA) is 57.5 Å². The van der Waals surface area contributed by atoms with Gasteiger partial charge in [0.05, 0.1) is 6.61 Å². The van der Waals surface area contributed by atoms with Crippen molar-refractivity contribution in [2.75, 3.05) is 6.61 Å². The predicted molar refractivity (Wildman–Crippen MR) is 65.2 cm³/mol. The number of ketones is 1. The number of hydrogen-bond acceptors (Lipinski definition) is 3. The van der Waals surface area contributed by atoms with Gasteiger partial charge < -0.3 is 10.2 Å². The number of aliphatic hydroxyl groups is 2. The van der Waals surface area contributed by atoms with Gasteiger partial charge in [-0.25, -0.2) is 0 Å². The van der Waals surface area contributed by atoms with Gasteiger partial charge in [0.2, 0.25) is 0 Å². The van der Waals surface area contributed by atoms with Crippen molar-refractivity contribution in [3.8, 4) is 0 Å². The molecule has 0 amide bonds. The highest BCUT2D eigenvalue weighted by Gasteiger charge is 2.31. The minimum absolute atomic E-state index is 0.0321. The average Bonchev–Trinajstić information content (AvgIpc) is 2.54. The number of benzene rings is 1. The van der Waals surface area contributed by atoms with Gasteiger partial charge in [0.25, 0.3) is 0 Å². The Kier molecular flexibility index (Phi) is 3.06. The molecule has 0 saturated heterocycles. The molecule has 0 heterocycles. The van der Waals surface area contributed by atoms with Gasteiger partial charge in [0, 0.05) is 11.5 Å². The molecule has 1 aliphatic rings. The van der Waals surface area contributed by atoms with Crippen molar-refractivity contribution < 1.29 is 15.0 Å². The molecule has 3 heteroatoms. The van der Waals surface area contributed by atoms with Gasteiger partial charge in [-0.05, 0) is 42.5 Å². The molecule has 0 fully saturated rings. The number of carbonyl (C=O) groups excluding carboxylic acids is 1. The minimum atomic E-state index is -0.899. The van der Waals surface area contributed by atoms with Crippen LogP contribution in [0.25, 0.3) is 0 Å². The second-order valence-electron chi connectivity index (χ2n) is 4.93. The Bertz CT molecular complexity index is 477. The third kappa shape index (κ3) is 1.79. The standard InChI is InChI=1S/C14H18O3/c1-7-4-10-5-8(2)14(17)13(10)9(3)12(7)11(16)6-15/h4,8,11,15-16H,5-6H2,1-3H3. The number of carbonyl (C=O) groups is 1. The summed E-state index contributed by atoms with van der Waals surface area (Å²) in [5.74, 6) is 0.188. The van der Waals surface area contributed by atoms with Crippen LogP contribution in [-0.4, -0.2) is 22.6 Å². The molecule has 1 aromatic rings. The molecule has 2 atom stereocenters. The van der Waals surface area contributed by atoms with Gasteiger partial charge in [0.1, 0.15) is 6.10 Å². The van der Waals surface area contributed by atoms with Crippen LogP contribution in [0.2, 0.25) is 0 Å². The fourth-order valence-electron chi connectivity index (χ4n) is 2.86. The van der Waals surface area contributed by atoms with Gasteiger partial charge in [0.15, 0.2) is 5.78 Å². The number of hydrogen-bond donors (Lipinski definition) is 2. The van der Waals surface area contributed by atoms with Crippen LogP contribution in [0, 0.1) is 19.8 Å². The Hall–Kier alpha value is -1.19. The van der Waals surface area contributed by atoms with E-state index in [9.17, 15) is 9.90 Å². The van der Waals surface area contributed by atoms with Crippen molar-refractivity contribution in [2.24, 2.45) is 5.92 Å². The van der Waals surface area contributed by atoms with E-state index >= 15 is 0 Å². The number of Topliss-reactive ketones (excluding diaryl/α,β-unsaturated/α-hetero) is 1. The lowest BCUT2D eigenvalue weighted by Crippen LogP contribution is -2.11. The first kappa shape index (κ1) is 12.3. The third-order valence-corrected chi connectivity index (χ3v) is 3.64. The quantitative estimate of drug-likeness (QED) is 0.819. The number of aliphatic hydroxyl groups excluding tert-OH is 2. The molecule has 1 aliphatic carbocycles. The Morgan fingerprint density at radius 3 is 2.71 bits per heavy atom. The summed E-state index contributed by atoms with van der Waals surface area (Å²) < 4.78 is 0. The molecule has 17 heavy (non-hydrogen) atoms. The van der Waals surface area contributed by atoms with Crippen LogP contribution in [0.3, 0.4) is 0 Å². The van der Waals surface area contributed by atoms with Crippen LogP contribution in [0.1, 0.15) is 45.6 Å². The molecule has 0 aromatic heterocycles. The van der Waals surface area contributed by atoms with Crippen LogP contribution < -0.4 is 0 Å². The van der Waals surface area contributed by atoms with Gasteiger partial charge in [-0.1, -0.05) is 13.0 Å². The highest BCUT2D eigenvalue weighted by atomic mass is 16.3. The van der Waals surface area contributed by atoms with E-state index < -0.39 is 6.10 Å². The second-order valence-corrected chi connectivity index (χ2v) is 4.93. The summed E-state index contributed by atoms with van der Waals surface area (Å²) in [5, 5.41) is 18.9. The van der Waals surface area contributed by atoms with E-state index in [0.717, 1.165) is 28.7 Å². The third-order valence-electron chi connectivity index (χ3n) is 3.64. The molecule has 0 radical (unpaired) electrons. The summed E-state index contributed by atoms with van der Waals surface area (Å²) in [6, 6.07) is 1.97. The summed E-state index contributed by atoms with van der Waals surface area (Å²) in [6.45, 7) is 5.38. The SMILES string of the molecule is Cc1cc2c(c(C)c1C(O)CO)C(=O)C(C)C2. The lowest BCUT2D eigenvalue weighted by molar-refractivity contribution is 0.0928. The molecule has 2 rings (SSSR count). The molecule has 92 valence electrons. The van der Waals surface area contributed by atoms with E-state index in [1.807, 2.05) is 26.8 Å². The highest BCUT2D eigenvalue weighted by Crippen LogP contribution is 2.34. The zero-order chi connectivity index (χ0) is 12.7. The monoisotopic (exact) mass is 234 g/mol. The van der Waals surface area contributed by atoms with Crippen LogP contribution in [0.4, 0.5) is 0 Å². The van der Waals surface area contributed by atoms with Crippen LogP contribution in [0.5, 0.6) is 0 Å². The zero-order valence-electron chi connectivity index (χ0n) is 10.4. The smallest absolute Gasteiger partial charge is 0.166 e.